The maximum Gasteiger partial charge on any atom is 0.0714 e. The van der Waals surface area contributed by atoms with Crippen LogP contribution in [-0.4, -0.2) is 0 Å². The minimum atomic E-state index is -0.516. The first-order valence-electron chi connectivity index (χ1n) is 25.1. The lowest BCUT2D eigenvalue weighted by Gasteiger charge is -2.35. The SMILES string of the molecule is CC1(C)c2cc(C3C=CC(c4ccccc4)=CC3)ccc2-c2ccc(N(c3ccc(-c4ccc(-c5ccccc5)cc4)cc3)c3ccc4c(c3)C(c3ccccc3)(c3ccccc3)c3ccccc3-4)cc21. The number of hydrogen-bond donors (Lipinski definition) is 0. The standard InChI is InChI=1S/C70H53N/c1-69(2)66-45-55(54-33-31-51(32-34-54)49-19-9-4-10-20-49)37-42-62(66)63-43-40-59(46-67(63)69)71(58-38-35-53(36-39-58)52-29-27-50(28-30-52)48-17-7-3-8-18-48)60-41-44-64-61-25-15-16-26-65(61)70(68(64)47-60,56-21-11-5-12-22-56)57-23-13-6-14-24-57/h3-33,35-47,54H,34H2,1-2H3. The van der Waals surface area contributed by atoms with Gasteiger partial charge in [-0.3, -0.25) is 0 Å². The highest BCUT2D eigenvalue weighted by molar-refractivity contribution is 5.91. The van der Waals surface area contributed by atoms with Crippen LogP contribution in [0.3, 0.4) is 0 Å². The fourth-order valence-electron chi connectivity index (χ4n) is 12.1. The second-order valence-corrected chi connectivity index (χ2v) is 20.0. The number of allylic oxidation sites excluding steroid dienone is 4. The van der Waals surface area contributed by atoms with Crippen LogP contribution in [0.1, 0.15) is 70.7 Å². The van der Waals surface area contributed by atoms with E-state index in [1.807, 2.05) is 0 Å². The Bertz CT molecular complexity index is 3620. The molecule has 1 nitrogen and oxygen atoms in total. The Morgan fingerprint density at radius 1 is 0.366 bits per heavy atom. The molecule has 10 aromatic carbocycles. The number of benzene rings is 10. The molecule has 0 bridgehead atoms. The summed E-state index contributed by atoms with van der Waals surface area (Å²) in [5, 5.41) is 0. The third-order valence-corrected chi connectivity index (χ3v) is 15.7. The van der Waals surface area contributed by atoms with Crippen molar-refractivity contribution in [1.82, 2.24) is 0 Å². The highest BCUT2D eigenvalue weighted by Gasteiger charge is 2.46. The van der Waals surface area contributed by atoms with E-state index in [1.54, 1.807) is 0 Å². The van der Waals surface area contributed by atoms with Gasteiger partial charge in [0.25, 0.3) is 0 Å². The van der Waals surface area contributed by atoms with Gasteiger partial charge in [0.05, 0.1) is 5.41 Å². The van der Waals surface area contributed by atoms with Gasteiger partial charge in [-0.1, -0.05) is 244 Å². The van der Waals surface area contributed by atoms with Gasteiger partial charge >= 0.3 is 0 Å². The van der Waals surface area contributed by atoms with Gasteiger partial charge in [-0.15, -0.1) is 0 Å². The number of rotatable bonds is 9. The molecule has 3 aliphatic carbocycles. The van der Waals surface area contributed by atoms with Crippen molar-refractivity contribution in [3.05, 3.63) is 311 Å². The molecule has 0 fully saturated rings. The number of nitrogens with zero attached hydrogens (tertiary/aromatic N) is 1. The predicted molar refractivity (Wildman–Crippen MR) is 298 cm³/mol. The Morgan fingerprint density at radius 3 is 1.38 bits per heavy atom. The topological polar surface area (TPSA) is 3.24 Å². The molecular formula is C70H53N. The largest absolute Gasteiger partial charge is 0.310 e. The van der Waals surface area contributed by atoms with Gasteiger partial charge in [-0.25, -0.2) is 0 Å². The van der Waals surface area contributed by atoms with Crippen LogP contribution in [0.5, 0.6) is 0 Å². The van der Waals surface area contributed by atoms with E-state index in [0.29, 0.717) is 5.92 Å². The molecule has 71 heavy (non-hydrogen) atoms. The molecule has 0 amide bonds. The lowest BCUT2D eigenvalue weighted by molar-refractivity contribution is 0.658. The van der Waals surface area contributed by atoms with E-state index < -0.39 is 5.41 Å². The minimum absolute atomic E-state index is 0.211. The Kier molecular flexibility index (Phi) is 10.3. The van der Waals surface area contributed by atoms with Crippen molar-refractivity contribution >= 4 is 22.6 Å². The van der Waals surface area contributed by atoms with E-state index in [1.165, 1.54) is 94.6 Å². The van der Waals surface area contributed by atoms with Crippen LogP contribution < -0.4 is 4.90 Å². The fraction of sp³-hybridized carbons (Fsp3) is 0.0857. The zero-order valence-electron chi connectivity index (χ0n) is 40.1. The number of anilines is 3. The van der Waals surface area contributed by atoms with Gasteiger partial charge in [0.15, 0.2) is 0 Å². The van der Waals surface area contributed by atoms with Crippen molar-refractivity contribution in [2.24, 2.45) is 0 Å². The molecule has 3 aliphatic rings. The van der Waals surface area contributed by atoms with Gasteiger partial charge in [0.1, 0.15) is 0 Å². The molecule has 0 saturated heterocycles. The lowest BCUT2D eigenvalue weighted by atomic mass is 9.67. The van der Waals surface area contributed by atoms with Crippen LogP contribution in [0.4, 0.5) is 17.1 Å². The summed E-state index contributed by atoms with van der Waals surface area (Å²) in [6.45, 7) is 4.83. The molecule has 0 aromatic heterocycles. The first-order chi connectivity index (χ1) is 34.9. The number of fused-ring (bicyclic) bond motifs is 6. The van der Waals surface area contributed by atoms with Crippen molar-refractivity contribution in [2.75, 3.05) is 4.90 Å². The van der Waals surface area contributed by atoms with Gasteiger partial charge in [0.2, 0.25) is 0 Å². The summed E-state index contributed by atoms with van der Waals surface area (Å²) in [6.07, 6.45) is 8.11. The molecule has 0 aliphatic heterocycles. The van der Waals surface area contributed by atoms with E-state index in [0.717, 1.165) is 23.5 Å². The molecule has 10 aromatic rings. The van der Waals surface area contributed by atoms with Crippen molar-refractivity contribution in [2.45, 2.75) is 37.0 Å². The average Bonchev–Trinajstić information content (AvgIpc) is 3.86. The number of hydrogen-bond acceptors (Lipinski definition) is 1. The van der Waals surface area contributed by atoms with Crippen molar-refractivity contribution in [1.29, 1.82) is 0 Å². The summed E-state index contributed by atoms with van der Waals surface area (Å²) in [5.74, 6) is 0.341. The Morgan fingerprint density at radius 2 is 0.803 bits per heavy atom. The monoisotopic (exact) mass is 907 g/mol. The van der Waals surface area contributed by atoms with E-state index in [9.17, 15) is 0 Å². The summed E-state index contributed by atoms with van der Waals surface area (Å²) >= 11 is 0. The fourth-order valence-corrected chi connectivity index (χ4v) is 12.1. The molecule has 0 radical (unpaired) electrons. The zero-order chi connectivity index (χ0) is 47.5. The van der Waals surface area contributed by atoms with E-state index in [4.69, 9.17) is 0 Å². The van der Waals surface area contributed by atoms with Gasteiger partial charge in [0, 0.05) is 28.4 Å². The van der Waals surface area contributed by atoms with E-state index in [2.05, 4.69) is 286 Å². The van der Waals surface area contributed by atoms with E-state index >= 15 is 0 Å². The molecule has 0 spiro atoms. The Hall–Kier alpha value is -8.52. The maximum absolute atomic E-state index is 2.50. The summed E-state index contributed by atoms with van der Waals surface area (Å²) < 4.78 is 0. The molecule has 1 atom stereocenters. The zero-order valence-corrected chi connectivity index (χ0v) is 40.1. The van der Waals surface area contributed by atoms with Crippen LogP contribution in [0.15, 0.2) is 267 Å². The normalized spacial score (nSPS) is 15.5. The molecule has 338 valence electrons. The molecule has 1 heteroatoms. The second kappa shape index (κ2) is 17.2. The predicted octanol–water partition coefficient (Wildman–Crippen LogP) is 18.3. The van der Waals surface area contributed by atoms with Crippen LogP contribution in [-0.2, 0) is 10.8 Å². The summed E-state index contributed by atoms with van der Waals surface area (Å²) in [4.78, 5) is 2.49. The minimum Gasteiger partial charge on any atom is -0.310 e. The van der Waals surface area contributed by atoms with Gasteiger partial charge in [-0.2, -0.15) is 0 Å². The lowest BCUT2D eigenvalue weighted by Crippen LogP contribution is -2.28. The molecular weight excluding hydrogens is 855 g/mol. The third kappa shape index (κ3) is 7.06. The molecule has 0 N–H and O–H groups in total. The molecule has 1 unspecified atom stereocenters. The summed E-state index contributed by atoms with van der Waals surface area (Å²) in [5.41, 5.74) is 24.5. The summed E-state index contributed by atoms with van der Waals surface area (Å²) in [6, 6.07) is 92.4. The van der Waals surface area contributed by atoms with Crippen LogP contribution in [0.2, 0.25) is 0 Å². The first kappa shape index (κ1) is 42.6. The van der Waals surface area contributed by atoms with Crippen molar-refractivity contribution in [3.8, 4) is 44.5 Å². The summed E-state index contributed by atoms with van der Waals surface area (Å²) in [7, 11) is 0. The smallest absolute Gasteiger partial charge is 0.0714 e. The Balaban J connectivity index is 0.928. The third-order valence-electron chi connectivity index (χ3n) is 15.7. The molecule has 0 heterocycles. The van der Waals surface area contributed by atoms with Crippen molar-refractivity contribution < 1.29 is 0 Å². The van der Waals surface area contributed by atoms with Crippen molar-refractivity contribution in [3.63, 3.8) is 0 Å². The van der Waals surface area contributed by atoms with Gasteiger partial charge in [-0.05, 0) is 137 Å². The van der Waals surface area contributed by atoms with Gasteiger partial charge < -0.3 is 4.90 Å². The van der Waals surface area contributed by atoms with Crippen LogP contribution >= 0.6 is 0 Å². The second-order valence-electron chi connectivity index (χ2n) is 20.0. The molecule has 13 rings (SSSR count). The first-order valence-corrected chi connectivity index (χ1v) is 25.1. The van der Waals surface area contributed by atoms with Crippen LogP contribution in [0, 0.1) is 0 Å². The highest BCUT2D eigenvalue weighted by atomic mass is 15.1. The Labute approximate surface area is 418 Å². The quantitative estimate of drug-likeness (QED) is 0.139. The average molecular weight is 908 g/mol. The maximum atomic E-state index is 2.50. The van der Waals surface area contributed by atoms with E-state index in [-0.39, 0.29) is 5.41 Å². The van der Waals surface area contributed by atoms with Crippen LogP contribution in [0.25, 0.3) is 50.1 Å². The molecule has 0 saturated carbocycles. The highest BCUT2D eigenvalue weighted by Crippen LogP contribution is 2.58.